The van der Waals surface area contributed by atoms with Gasteiger partial charge in [0.1, 0.15) is 11.4 Å². The van der Waals surface area contributed by atoms with E-state index in [2.05, 4.69) is 4.98 Å². The van der Waals surface area contributed by atoms with E-state index in [0.717, 1.165) is 16.8 Å². The molecule has 128 valence electrons. The van der Waals surface area contributed by atoms with E-state index in [1.807, 2.05) is 51.1 Å². The molecular weight excluding hydrogens is 304 g/mol. The van der Waals surface area contributed by atoms with Crippen LogP contribution in [0.5, 0.6) is 0 Å². The summed E-state index contributed by atoms with van der Waals surface area (Å²) >= 11 is 0. The summed E-state index contributed by atoms with van der Waals surface area (Å²) in [6.45, 7) is 6.29. The van der Waals surface area contributed by atoms with Gasteiger partial charge in [-0.3, -0.25) is 0 Å². The first-order chi connectivity index (χ1) is 11.3. The van der Waals surface area contributed by atoms with Crippen LogP contribution in [0.1, 0.15) is 41.4 Å². The smallest absolute Gasteiger partial charge is 0.340 e. The maximum atomic E-state index is 12.0. The van der Waals surface area contributed by atoms with Crippen LogP contribution in [0.3, 0.4) is 0 Å². The van der Waals surface area contributed by atoms with Crippen molar-refractivity contribution in [1.82, 2.24) is 4.98 Å². The summed E-state index contributed by atoms with van der Waals surface area (Å²) in [6.07, 6.45) is 0. The van der Waals surface area contributed by atoms with Crippen molar-refractivity contribution in [3.05, 3.63) is 47.2 Å². The van der Waals surface area contributed by atoms with Gasteiger partial charge in [-0.15, -0.1) is 0 Å². The highest BCUT2D eigenvalue weighted by atomic mass is 16.4. The number of pyridine rings is 1. The third-order valence-electron chi connectivity index (χ3n) is 3.95. The van der Waals surface area contributed by atoms with Gasteiger partial charge in [0.05, 0.1) is 6.61 Å². The van der Waals surface area contributed by atoms with Crippen LogP contribution in [0.4, 0.5) is 5.82 Å². The molecule has 5 nitrogen and oxygen atoms in total. The average Bonchev–Trinajstić information content (AvgIpc) is 2.53. The van der Waals surface area contributed by atoms with Gasteiger partial charge in [-0.05, 0) is 24.5 Å². The Balaban J connectivity index is 2.77. The Hall–Kier alpha value is -2.40. The molecule has 0 amide bonds. The molecule has 0 aliphatic carbocycles. The molecule has 0 bridgehead atoms. The first kappa shape index (κ1) is 17.9. The Kier molecular flexibility index (Phi) is 5.57. The number of carbonyl (C=O) groups is 1. The van der Waals surface area contributed by atoms with Crippen LogP contribution in [0.2, 0.25) is 0 Å². The van der Waals surface area contributed by atoms with Gasteiger partial charge in [0.25, 0.3) is 0 Å². The molecule has 0 saturated heterocycles. The van der Waals surface area contributed by atoms with E-state index in [1.54, 1.807) is 11.9 Å². The zero-order valence-corrected chi connectivity index (χ0v) is 14.6. The van der Waals surface area contributed by atoms with Gasteiger partial charge < -0.3 is 15.1 Å². The molecule has 24 heavy (non-hydrogen) atoms. The molecule has 1 aromatic heterocycles. The van der Waals surface area contributed by atoms with Crippen LogP contribution >= 0.6 is 0 Å². The van der Waals surface area contributed by atoms with E-state index in [4.69, 9.17) is 0 Å². The number of rotatable bonds is 6. The lowest BCUT2D eigenvalue weighted by molar-refractivity contribution is 0.0698. The van der Waals surface area contributed by atoms with Gasteiger partial charge in [-0.1, -0.05) is 43.7 Å². The Morgan fingerprint density at radius 3 is 2.54 bits per heavy atom. The molecule has 0 radical (unpaired) electrons. The average molecular weight is 328 g/mol. The summed E-state index contributed by atoms with van der Waals surface area (Å²) in [7, 11) is 1.75. The minimum Gasteiger partial charge on any atom is -0.478 e. The number of hydrogen-bond acceptors (Lipinski definition) is 4. The second-order valence-electron chi connectivity index (χ2n) is 6.27. The fraction of sp³-hybridized carbons (Fsp3) is 0.368. The van der Waals surface area contributed by atoms with Crippen LogP contribution in [-0.2, 0) is 0 Å². The summed E-state index contributed by atoms with van der Waals surface area (Å²) in [5, 5.41) is 19.0. The van der Waals surface area contributed by atoms with Crippen molar-refractivity contribution in [2.75, 3.05) is 25.1 Å². The number of aliphatic hydroxyl groups is 1. The van der Waals surface area contributed by atoms with Crippen LogP contribution in [0.25, 0.3) is 11.1 Å². The van der Waals surface area contributed by atoms with E-state index in [0.29, 0.717) is 17.9 Å². The molecule has 2 aromatic rings. The molecule has 2 N–H and O–H groups in total. The molecule has 0 unspecified atom stereocenters. The highest BCUT2D eigenvalue weighted by Gasteiger charge is 2.23. The van der Waals surface area contributed by atoms with Crippen molar-refractivity contribution in [1.29, 1.82) is 0 Å². The predicted molar refractivity (Wildman–Crippen MR) is 95.8 cm³/mol. The lowest BCUT2D eigenvalue weighted by Gasteiger charge is -2.23. The molecule has 2 rings (SSSR count). The molecule has 0 atom stereocenters. The summed E-state index contributed by atoms with van der Waals surface area (Å²) in [5.41, 5.74) is 3.58. The Morgan fingerprint density at radius 1 is 1.29 bits per heavy atom. The molecule has 0 fully saturated rings. The van der Waals surface area contributed by atoms with E-state index in [-0.39, 0.29) is 18.1 Å². The van der Waals surface area contributed by atoms with Gasteiger partial charge in [0.2, 0.25) is 0 Å². The van der Waals surface area contributed by atoms with Crippen LogP contribution in [0, 0.1) is 6.92 Å². The minimum absolute atomic E-state index is 0.0665. The zero-order valence-electron chi connectivity index (χ0n) is 14.6. The maximum Gasteiger partial charge on any atom is 0.340 e. The number of hydrogen-bond donors (Lipinski definition) is 2. The Morgan fingerprint density at radius 2 is 2.00 bits per heavy atom. The van der Waals surface area contributed by atoms with Gasteiger partial charge in [0, 0.05) is 24.8 Å². The molecule has 0 aliphatic rings. The number of carboxylic acids is 1. The number of likely N-dealkylation sites (N-methyl/N-ethyl adjacent to an activating group) is 1. The second kappa shape index (κ2) is 7.45. The number of nitrogens with zero attached hydrogens (tertiary/aromatic N) is 2. The molecule has 1 aromatic carbocycles. The van der Waals surface area contributed by atoms with E-state index in [9.17, 15) is 15.0 Å². The Labute approximate surface area is 142 Å². The van der Waals surface area contributed by atoms with Gasteiger partial charge in [-0.2, -0.15) is 0 Å². The van der Waals surface area contributed by atoms with Crippen LogP contribution < -0.4 is 4.90 Å². The van der Waals surface area contributed by atoms with E-state index in [1.165, 1.54) is 0 Å². The van der Waals surface area contributed by atoms with Gasteiger partial charge in [-0.25, -0.2) is 9.78 Å². The molecule has 1 heterocycles. The van der Waals surface area contributed by atoms with Crippen molar-refractivity contribution in [3.63, 3.8) is 0 Å². The number of aromatic carboxylic acids is 1. The molecule has 0 aliphatic heterocycles. The van der Waals surface area contributed by atoms with Crippen molar-refractivity contribution >= 4 is 11.8 Å². The predicted octanol–water partition coefficient (Wildman–Crippen LogP) is 3.31. The highest BCUT2D eigenvalue weighted by Crippen LogP contribution is 2.33. The minimum atomic E-state index is -1.02. The largest absolute Gasteiger partial charge is 0.478 e. The van der Waals surface area contributed by atoms with Crippen molar-refractivity contribution in [3.8, 4) is 11.1 Å². The summed E-state index contributed by atoms with van der Waals surface area (Å²) in [6, 6.07) is 9.64. The lowest BCUT2D eigenvalue weighted by atomic mass is 9.95. The highest BCUT2D eigenvalue weighted by molar-refractivity contribution is 6.01. The Bertz CT molecular complexity index is 741. The van der Waals surface area contributed by atoms with Crippen molar-refractivity contribution in [2.24, 2.45) is 0 Å². The zero-order chi connectivity index (χ0) is 17.9. The van der Waals surface area contributed by atoms with Crippen LogP contribution in [0.15, 0.2) is 30.3 Å². The normalized spacial score (nSPS) is 10.9. The number of aryl methyl sites for hydroxylation is 1. The molecule has 5 heteroatoms. The summed E-state index contributed by atoms with van der Waals surface area (Å²) in [4.78, 5) is 18.2. The number of anilines is 1. The first-order valence-electron chi connectivity index (χ1n) is 8.02. The van der Waals surface area contributed by atoms with Crippen molar-refractivity contribution < 1.29 is 15.0 Å². The number of aromatic nitrogens is 1. The lowest BCUT2D eigenvalue weighted by Crippen LogP contribution is -2.25. The topological polar surface area (TPSA) is 73.7 Å². The molecule has 0 saturated carbocycles. The molecular formula is C19H24N2O3. The third-order valence-corrected chi connectivity index (χ3v) is 3.95. The third kappa shape index (κ3) is 3.74. The van der Waals surface area contributed by atoms with Gasteiger partial charge >= 0.3 is 5.97 Å². The van der Waals surface area contributed by atoms with Gasteiger partial charge in [0.15, 0.2) is 0 Å². The first-order valence-corrected chi connectivity index (χ1v) is 8.02. The summed E-state index contributed by atoms with van der Waals surface area (Å²) < 4.78 is 0. The maximum absolute atomic E-state index is 12.0. The number of aliphatic hydroxyl groups excluding tert-OH is 1. The van der Waals surface area contributed by atoms with E-state index < -0.39 is 5.97 Å². The molecule has 0 spiro atoms. The SMILES string of the molecule is Cc1cccc(-c2cc(C(C)C)nc(N(C)CCO)c2C(=O)O)c1. The second-order valence-corrected chi connectivity index (χ2v) is 6.27. The number of benzene rings is 1. The van der Waals surface area contributed by atoms with Crippen molar-refractivity contribution in [2.45, 2.75) is 26.7 Å². The standard InChI is InChI=1S/C19H24N2O3/c1-12(2)16-11-15(14-7-5-6-13(3)10-14)17(19(23)24)18(20-16)21(4)8-9-22/h5-7,10-12,22H,8-9H2,1-4H3,(H,23,24). The monoisotopic (exact) mass is 328 g/mol. The van der Waals surface area contributed by atoms with Crippen LogP contribution in [-0.4, -0.2) is 41.4 Å². The quantitative estimate of drug-likeness (QED) is 0.851. The fourth-order valence-corrected chi connectivity index (χ4v) is 2.63. The fourth-order valence-electron chi connectivity index (χ4n) is 2.63. The number of carboxylic acid groups (broad SMARTS) is 1. The van der Waals surface area contributed by atoms with E-state index >= 15 is 0 Å². The summed E-state index contributed by atoms with van der Waals surface area (Å²) in [5.74, 6) is -0.467.